The van der Waals surface area contributed by atoms with Gasteiger partial charge in [-0.15, -0.1) is 0 Å². The second-order valence-corrected chi connectivity index (χ2v) is 7.20. The number of likely N-dealkylation sites (tertiary alicyclic amines) is 1. The summed E-state index contributed by atoms with van der Waals surface area (Å²) in [6.07, 6.45) is 2.97. The Morgan fingerprint density at radius 3 is 2.56 bits per heavy atom. The van der Waals surface area contributed by atoms with Crippen LogP contribution in [-0.2, 0) is 6.42 Å². The van der Waals surface area contributed by atoms with Crippen LogP contribution >= 0.6 is 0 Å². The third-order valence-corrected chi connectivity index (χ3v) is 5.31. The lowest BCUT2D eigenvalue weighted by Gasteiger charge is -2.32. The maximum atomic E-state index is 12.8. The van der Waals surface area contributed by atoms with E-state index in [2.05, 4.69) is 29.2 Å². The largest absolute Gasteiger partial charge is 0.508 e. The van der Waals surface area contributed by atoms with Crippen LogP contribution in [0.2, 0.25) is 0 Å². The van der Waals surface area contributed by atoms with Gasteiger partial charge in [-0.25, -0.2) is 0 Å². The molecule has 0 spiro atoms. The zero-order chi connectivity index (χ0) is 18.8. The van der Waals surface area contributed by atoms with E-state index in [1.54, 1.807) is 6.07 Å². The number of aromatic nitrogens is 1. The van der Waals surface area contributed by atoms with Crippen LogP contribution in [0.5, 0.6) is 5.75 Å². The summed E-state index contributed by atoms with van der Waals surface area (Å²) in [5.41, 5.74) is 1.94. The molecule has 5 heteroatoms. The molecular formula is C22H22N2O3. The number of phenols is 1. The average molecular weight is 362 g/mol. The van der Waals surface area contributed by atoms with Crippen LogP contribution in [0.1, 0.15) is 28.9 Å². The van der Waals surface area contributed by atoms with E-state index in [1.807, 2.05) is 11.0 Å². The molecule has 0 aliphatic carbocycles. The van der Waals surface area contributed by atoms with E-state index in [0.29, 0.717) is 35.6 Å². The summed E-state index contributed by atoms with van der Waals surface area (Å²) in [7, 11) is 0. The Morgan fingerprint density at radius 2 is 1.81 bits per heavy atom. The quantitative estimate of drug-likeness (QED) is 0.751. The van der Waals surface area contributed by atoms with Crippen molar-refractivity contribution in [2.24, 2.45) is 5.92 Å². The van der Waals surface area contributed by atoms with Crippen LogP contribution in [-0.4, -0.2) is 34.0 Å². The Balaban J connectivity index is 1.46. The zero-order valence-electron chi connectivity index (χ0n) is 15.0. The molecular weight excluding hydrogens is 340 g/mol. The fourth-order valence-corrected chi connectivity index (χ4v) is 3.81. The predicted octanol–water partition coefficient (Wildman–Crippen LogP) is 3.33. The number of phenolic OH excluding ortho intramolecular Hbond substituents is 1. The molecule has 5 nitrogen and oxygen atoms in total. The smallest absolute Gasteiger partial charge is 0.270 e. The van der Waals surface area contributed by atoms with Gasteiger partial charge in [-0.2, -0.15) is 0 Å². The molecule has 0 bridgehead atoms. The van der Waals surface area contributed by atoms with Crippen LogP contribution in [0.4, 0.5) is 0 Å². The number of H-pyrrole nitrogens is 1. The lowest BCUT2D eigenvalue weighted by molar-refractivity contribution is 0.0685. The Bertz CT molecular complexity index is 1020. The third kappa shape index (κ3) is 3.72. The lowest BCUT2D eigenvalue weighted by atomic mass is 9.90. The molecule has 1 fully saturated rings. The van der Waals surface area contributed by atoms with Gasteiger partial charge >= 0.3 is 0 Å². The first kappa shape index (κ1) is 17.3. The minimum absolute atomic E-state index is 0.0348. The Labute approximate surface area is 157 Å². The van der Waals surface area contributed by atoms with Gasteiger partial charge in [0, 0.05) is 24.5 Å². The van der Waals surface area contributed by atoms with E-state index in [0.717, 1.165) is 19.3 Å². The molecule has 2 aromatic carbocycles. The molecule has 1 saturated heterocycles. The number of fused-ring (bicyclic) bond motifs is 1. The van der Waals surface area contributed by atoms with Crippen molar-refractivity contribution < 1.29 is 9.90 Å². The standard InChI is InChI=1S/C22H22N2O3/c25-17-6-7-19-18(13-17)21(26)14-20(23-19)22(27)24-10-8-16(9-11-24)12-15-4-2-1-3-5-15/h1-7,13-14,16,25H,8-12H2,(H,23,26). The van der Waals surface area contributed by atoms with E-state index in [9.17, 15) is 14.7 Å². The number of carbonyl (C=O) groups excluding carboxylic acids is 1. The van der Waals surface area contributed by atoms with Crippen molar-refractivity contribution in [3.63, 3.8) is 0 Å². The first-order chi connectivity index (χ1) is 13.1. The highest BCUT2D eigenvalue weighted by atomic mass is 16.3. The molecule has 1 aliphatic heterocycles. The van der Waals surface area contributed by atoms with Crippen LogP contribution in [0.3, 0.4) is 0 Å². The average Bonchev–Trinajstić information content (AvgIpc) is 2.69. The Hall–Kier alpha value is -3.08. The molecule has 0 unspecified atom stereocenters. The van der Waals surface area contributed by atoms with Crippen molar-refractivity contribution in [3.05, 3.63) is 76.1 Å². The highest BCUT2D eigenvalue weighted by Gasteiger charge is 2.24. The van der Waals surface area contributed by atoms with E-state index in [4.69, 9.17) is 0 Å². The molecule has 1 aliphatic rings. The number of aromatic hydroxyl groups is 1. The van der Waals surface area contributed by atoms with Gasteiger partial charge in [0.05, 0.1) is 5.52 Å². The van der Waals surface area contributed by atoms with Crippen LogP contribution in [0, 0.1) is 5.92 Å². The Kier molecular flexibility index (Phi) is 4.67. The second-order valence-electron chi connectivity index (χ2n) is 7.20. The predicted molar refractivity (Wildman–Crippen MR) is 105 cm³/mol. The zero-order valence-corrected chi connectivity index (χ0v) is 15.0. The summed E-state index contributed by atoms with van der Waals surface area (Å²) in [6.45, 7) is 1.40. The molecule has 1 amide bonds. The summed E-state index contributed by atoms with van der Waals surface area (Å²) in [6, 6.07) is 16.3. The number of aromatic amines is 1. The summed E-state index contributed by atoms with van der Waals surface area (Å²) in [5.74, 6) is 0.475. The number of hydrogen-bond donors (Lipinski definition) is 2. The molecule has 138 valence electrons. The van der Waals surface area contributed by atoms with Gasteiger partial charge in [-0.05, 0) is 48.9 Å². The van der Waals surface area contributed by atoms with Crippen molar-refractivity contribution in [1.29, 1.82) is 0 Å². The number of nitrogens with one attached hydrogen (secondary N) is 1. The fraction of sp³-hybridized carbons (Fsp3) is 0.273. The number of pyridine rings is 1. The molecule has 2 heterocycles. The maximum Gasteiger partial charge on any atom is 0.270 e. The molecule has 0 atom stereocenters. The molecule has 1 aromatic heterocycles. The molecule has 27 heavy (non-hydrogen) atoms. The number of nitrogens with zero attached hydrogens (tertiary/aromatic N) is 1. The maximum absolute atomic E-state index is 12.8. The molecule has 4 rings (SSSR count). The normalized spacial score (nSPS) is 15.2. The highest BCUT2D eigenvalue weighted by molar-refractivity contribution is 5.95. The van der Waals surface area contributed by atoms with Gasteiger partial charge in [0.15, 0.2) is 5.43 Å². The highest BCUT2D eigenvalue weighted by Crippen LogP contribution is 2.23. The van der Waals surface area contributed by atoms with E-state index < -0.39 is 0 Å². The van der Waals surface area contributed by atoms with Gasteiger partial charge in [-0.1, -0.05) is 30.3 Å². The number of carbonyl (C=O) groups is 1. The van der Waals surface area contributed by atoms with Crippen molar-refractivity contribution >= 4 is 16.8 Å². The number of rotatable bonds is 3. The van der Waals surface area contributed by atoms with Crippen LogP contribution in [0.25, 0.3) is 10.9 Å². The molecule has 0 saturated carbocycles. The monoisotopic (exact) mass is 362 g/mol. The SMILES string of the molecule is O=C(c1cc(=O)c2cc(O)ccc2[nH]1)N1CCC(Cc2ccccc2)CC1. The van der Waals surface area contributed by atoms with Gasteiger partial charge in [0.25, 0.3) is 5.91 Å². The van der Waals surface area contributed by atoms with Gasteiger partial charge in [-0.3, -0.25) is 9.59 Å². The van der Waals surface area contributed by atoms with Crippen LogP contribution < -0.4 is 5.43 Å². The van der Waals surface area contributed by atoms with Gasteiger partial charge < -0.3 is 15.0 Å². The van der Waals surface area contributed by atoms with Crippen molar-refractivity contribution in [2.45, 2.75) is 19.3 Å². The van der Waals surface area contributed by atoms with E-state index in [-0.39, 0.29) is 17.1 Å². The van der Waals surface area contributed by atoms with Crippen LogP contribution in [0.15, 0.2) is 59.4 Å². The first-order valence-corrected chi connectivity index (χ1v) is 9.29. The van der Waals surface area contributed by atoms with Crippen molar-refractivity contribution in [3.8, 4) is 5.75 Å². The van der Waals surface area contributed by atoms with Gasteiger partial charge in [0.2, 0.25) is 0 Å². The van der Waals surface area contributed by atoms with Crippen molar-refractivity contribution in [1.82, 2.24) is 9.88 Å². The number of hydrogen-bond acceptors (Lipinski definition) is 3. The van der Waals surface area contributed by atoms with E-state index in [1.165, 1.54) is 23.8 Å². The first-order valence-electron chi connectivity index (χ1n) is 9.29. The van der Waals surface area contributed by atoms with Crippen molar-refractivity contribution in [2.75, 3.05) is 13.1 Å². The minimum Gasteiger partial charge on any atom is -0.508 e. The summed E-state index contributed by atoms with van der Waals surface area (Å²) >= 11 is 0. The Morgan fingerprint density at radius 1 is 1.07 bits per heavy atom. The molecule has 3 aromatic rings. The minimum atomic E-state index is -0.262. The molecule has 2 N–H and O–H groups in total. The summed E-state index contributed by atoms with van der Waals surface area (Å²) < 4.78 is 0. The summed E-state index contributed by atoms with van der Waals surface area (Å²) in [5, 5.41) is 9.92. The summed E-state index contributed by atoms with van der Waals surface area (Å²) in [4.78, 5) is 30.0. The second kappa shape index (κ2) is 7.27. The van der Waals surface area contributed by atoms with Gasteiger partial charge in [0.1, 0.15) is 11.4 Å². The molecule has 0 radical (unpaired) electrons. The number of benzene rings is 2. The third-order valence-electron chi connectivity index (χ3n) is 5.31. The van der Waals surface area contributed by atoms with E-state index >= 15 is 0 Å². The number of piperidine rings is 1. The fourth-order valence-electron chi connectivity index (χ4n) is 3.81. The lowest BCUT2D eigenvalue weighted by Crippen LogP contribution is -2.39. The topological polar surface area (TPSA) is 73.4 Å². The number of amides is 1.